The van der Waals surface area contributed by atoms with Gasteiger partial charge in [0.05, 0.1) is 62.3 Å². The van der Waals surface area contributed by atoms with Crippen molar-refractivity contribution in [1.82, 2.24) is 40.4 Å². The number of fused-ring (bicyclic) bond motifs is 3. The van der Waals surface area contributed by atoms with Gasteiger partial charge in [-0.25, -0.2) is 19.6 Å². The molecule has 3 saturated heterocycles. The summed E-state index contributed by atoms with van der Waals surface area (Å²) in [7, 11) is 2.63. The van der Waals surface area contributed by atoms with Crippen molar-refractivity contribution >= 4 is 34.8 Å². The number of alkyl carbamates (subject to hydrolysis) is 2. The third-order valence-electron chi connectivity index (χ3n) is 14.5. The first-order valence-electron chi connectivity index (χ1n) is 23.1. The normalized spacial score (nSPS) is 27.5. The Labute approximate surface area is 378 Å². The lowest BCUT2D eigenvalue weighted by Gasteiger charge is -2.38. The fourth-order valence-electron chi connectivity index (χ4n) is 11.1. The number of aromatic amines is 2. The number of benzene rings is 3. The average Bonchev–Trinajstić information content (AvgIpc) is 3.89. The molecule has 3 aliphatic heterocycles. The Morgan fingerprint density at radius 1 is 0.646 bits per heavy atom. The molecule has 3 aromatic carbocycles. The van der Waals surface area contributed by atoms with E-state index in [2.05, 4.69) is 81.3 Å². The van der Waals surface area contributed by atoms with Gasteiger partial charge in [-0.15, -0.1) is 0 Å². The summed E-state index contributed by atoms with van der Waals surface area (Å²) in [4.78, 5) is 73.5. The third-order valence-corrected chi connectivity index (χ3v) is 14.5. The van der Waals surface area contributed by atoms with Gasteiger partial charge < -0.3 is 44.6 Å². The summed E-state index contributed by atoms with van der Waals surface area (Å²) < 4.78 is 15.8. The molecule has 5 aliphatic rings. The van der Waals surface area contributed by atoms with E-state index in [-0.39, 0.29) is 60.0 Å². The molecule has 65 heavy (non-hydrogen) atoms. The maximum atomic E-state index is 14.4. The third kappa shape index (κ3) is 8.23. The Bertz CT molecular complexity index is 2610. The van der Waals surface area contributed by atoms with Crippen molar-refractivity contribution in [3.63, 3.8) is 0 Å². The molecule has 4 N–H and O–H groups in total. The topological polar surface area (TPSA) is 184 Å². The van der Waals surface area contributed by atoms with Gasteiger partial charge >= 0.3 is 12.2 Å². The first-order chi connectivity index (χ1) is 31.4. The lowest BCUT2D eigenvalue weighted by molar-refractivity contribution is -0.140. The van der Waals surface area contributed by atoms with Crippen LogP contribution >= 0.6 is 0 Å². The maximum Gasteiger partial charge on any atom is 0.407 e. The van der Waals surface area contributed by atoms with Crippen LogP contribution in [0.25, 0.3) is 44.4 Å². The van der Waals surface area contributed by atoms with E-state index in [0.29, 0.717) is 24.7 Å². The quantitative estimate of drug-likeness (QED) is 0.102. The predicted molar refractivity (Wildman–Crippen MR) is 243 cm³/mol. The molecular formula is C50H58N8O7. The summed E-state index contributed by atoms with van der Waals surface area (Å²) in [6, 6.07) is 19.8. The Kier molecular flexibility index (Phi) is 11.2. The number of rotatable bonds is 11. The van der Waals surface area contributed by atoms with E-state index < -0.39 is 24.3 Å². The molecule has 0 radical (unpaired) electrons. The Balaban J connectivity index is 0.820. The fourth-order valence-corrected chi connectivity index (χ4v) is 11.1. The van der Waals surface area contributed by atoms with Crippen LogP contribution < -0.4 is 10.6 Å². The molecule has 4 amide bonds. The zero-order valence-electron chi connectivity index (χ0n) is 37.7. The van der Waals surface area contributed by atoms with Gasteiger partial charge in [0.25, 0.3) is 0 Å². The van der Waals surface area contributed by atoms with Crippen LogP contribution in [0.1, 0.15) is 90.0 Å². The van der Waals surface area contributed by atoms with Crippen molar-refractivity contribution in [3.05, 3.63) is 84.7 Å². The molecule has 2 aliphatic carbocycles. The van der Waals surface area contributed by atoms with Crippen LogP contribution in [-0.4, -0.2) is 104 Å². The monoisotopic (exact) mass is 882 g/mol. The number of piperidine rings is 2. The van der Waals surface area contributed by atoms with E-state index in [9.17, 15) is 19.2 Å². The minimum Gasteiger partial charge on any atom is -0.453 e. The number of nitrogens with one attached hydrogen (secondary N) is 4. The molecule has 5 heterocycles. The van der Waals surface area contributed by atoms with E-state index in [1.165, 1.54) is 14.2 Å². The van der Waals surface area contributed by atoms with E-state index in [1.54, 1.807) is 0 Å². The number of carbonyl (C=O) groups excluding carboxylic acids is 4. The van der Waals surface area contributed by atoms with Gasteiger partial charge in [0, 0.05) is 17.6 Å². The second kappa shape index (κ2) is 17.0. The van der Waals surface area contributed by atoms with Crippen LogP contribution in [0.3, 0.4) is 0 Å². The van der Waals surface area contributed by atoms with Crippen molar-refractivity contribution < 1.29 is 33.4 Å². The SMILES string of the molecule is COC(=O)N[C@H](C(=O)N1[C@@H]2C[C@@H]2C[C@H]1c1ncc(-c2ccc3cc(-c4ccc(-c5cnc([C@H]6C[C@H]7C[C@H]7N6C(=O)[C@@H](NC(=O)OC)C6C[C@H](C)O[C@@H](C)C6)[nH]5)cc4)ccc3c2)[nH]1)C(C)C. The highest BCUT2D eigenvalue weighted by molar-refractivity contribution is 5.91. The molecule has 0 spiro atoms. The average molecular weight is 883 g/mol. The molecule has 10 atom stereocenters. The smallest absolute Gasteiger partial charge is 0.407 e. The van der Waals surface area contributed by atoms with E-state index >= 15 is 0 Å². The second-order valence-electron chi connectivity index (χ2n) is 19.3. The Morgan fingerprint density at radius 3 is 1.71 bits per heavy atom. The van der Waals surface area contributed by atoms with Crippen LogP contribution in [0, 0.1) is 23.7 Å². The molecule has 340 valence electrons. The molecule has 5 fully saturated rings. The lowest BCUT2D eigenvalue weighted by atomic mass is 9.85. The maximum absolute atomic E-state index is 14.4. The summed E-state index contributed by atoms with van der Waals surface area (Å²) in [6.07, 6.45) is 7.43. The number of likely N-dealkylation sites (tertiary alicyclic amines) is 2. The molecule has 15 nitrogen and oxygen atoms in total. The van der Waals surface area contributed by atoms with Crippen molar-refractivity contribution in [3.8, 4) is 33.6 Å². The number of aromatic nitrogens is 4. The van der Waals surface area contributed by atoms with Crippen LogP contribution in [0.2, 0.25) is 0 Å². The van der Waals surface area contributed by atoms with Gasteiger partial charge in [-0.05, 0) is 116 Å². The van der Waals surface area contributed by atoms with Crippen molar-refractivity contribution in [2.75, 3.05) is 14.2 Å². The number of carbonyl (C=O) groups is 4. The summed E-state index contributed by atoms with van der Waals surface area (Å²) in [5.74, 6) is 2.04. The lowest BCUT2D eigenvalue weighted by Crippen LogP contribution is -2.55. The summed E-state index contributed by atoms with van der Waals surface area (Å²) >= 11 is 0. The van der Waals surface area contributed by atoms with Gasteiger partial charge in [0.15, 0.2) is 0 Å². The van der Waals surface area contributed by atoms with E-state index in [0.717, 1.165) is 81.7 Å². The van der Waals surface area contributed by atoms with E-state index in [4.69, 9.17) is 24.2 Å². The highest BCUT2D eigenvalue weighted by Gasteiger charge is 2.58. The van der Waals surface area contributed by atoms with E-state index in [1.807, 2.05) is 49.9 Å². The number of methoxy groups -OCH3 is 2. The first-order valence-corrected chi connectivity index (χ1v) is 23.1. The number of ether oxygens (including phenoxy) is 3. The minimum atomic E-state index is -0.705. The molecule has 10 rings (SSSR count). The highest BCUT2D eigenvalue weighted by Crippen LogP contribution is 2.55. The molecule has 0 unspecified atom stereocenters. The van der Waals surface area contributed by atoms with Gasteiger partial charge in [-0.1, -0.05) is 62.4 Å². The molecule has 5 aromatic rings. The summed E-state index contributed by atoms with van der Waals surface area (Å²) in [5, 5.41) is 7.85. The van der Waals surface area contributed by atoms with Crippen molar-refractivity contribution in [1.29, 1.82) is 0 Å². The Hall–Kier alpha value is -6.22. The molecular weight excluding hydrogens is 825 g/mol. The number of nitrogens with zero attached hydrogens (tertiary/aromatic N) is 4. The van der Waals surface area contributed by atoms with Crippen LogP contribution in [0.4, 0.5) is 9.59 Å². The number of imidazole rings is 2. The number of hydrogen-bond acceptors (Lipinski definition) is 9. The van der Waals surface area contributed by atoms with Gasteiger partial charge in [0.2, 0.25) is 11.8 Å². The predicted octanol–water partition coefficient (Wildman–Crippen LogP) is 7.92. The van der Waals surface area contributed by atoms with Crippen LogP contribution in [0.5, 0.6) is 0 Å². The second-order valence-corrected chi connectivity index (χ2v) is 19.3. The highest BCUT2D eigenvalue weighted by atomic mass is 16.5. The molecule has 2 aromatic heterocycles. The van der Waals surface area contributed by atoms with Gasteiger partial charge in [0.1, 0.15) is 23.7 Å². The minimum absolute atomic E-state index is 0.01000. The molecule has 2 saturated carbocycles. The zero-order valence-corrected chi connectivity index (χ0v) is 37.7. The van der Waals surface area contributed by atoms with Crippen molar-refractivity contribution in [2.24, 2.45) is 23.7 Å². The molecule has 15 heteroatoms. The van der Waals surface area contributed by atoms with Crippen molar-refractivity contribution in [2.45, 2.75) is 115 Å². The standard InChI is InChI=1S/C50H58N8O7/c1-25(2)43(55-49(61)63-5)47(59)57-39-19-34(39)21-41(57)46-52-24-38(54-46)33-14-13-31-17-30(11-12-32(31)18-33)28-7-9-29(10-8-28)37-23-51-45(53-37)42-22-35-20-40(35)58(42)48(60)44(56-50(62)64-6)36-15-26(3)65-27(4)16-36/h7-14,17-18,23-27,34-36,39-44H,15-16,19-22H2,1-6H3,(H,51,53)(H,52,54)(H,55,61)(H,56,62)/t26-,27-,34+,35+,39+,40+,41-,42+,43-,44-/m0/s1. The fraction of sp³-hybridized carbons (Fsp3) is 0.480. The summed E-state index contributed by atoms with van der Waals surface area (Å²) in [6.45, 7) is 7.88. The van der Waals surface area contributed by atoms with Crippen LogP contribution in [-0.2, 0) is 23.8 Å². The number of amides is 4. The van der Waals surface area contributed by atoms with Gasteiger partial charge in [-0.2, -0.15) is 0 Å². The largest absolute Gasteiger partial charge is 0.453 e. The molecule has 0 bridgehead atoms. The first kappa shape index (κ1) is 42.7. The van der Waals surface area contributed by atoms with Crippen LogP contribution in [0.15, 0.2) is 73.1 Å². The number of H-pyrrole nitrogens is 2. The Morgan fingerprint density at radius 2 is 1.14 bits per heavy atom. The number of hydrogen-bond donors (Lipinski definition) is 4. The van der Waals surface area contributed by atoms with Gasteiger partial charge in [-0.3, -0.25) is 9.59 Å². The summed E-state index contributed by atoms with van der Waals surface area (Å²) in [5.41, 5.74) is 5.94. The zero-order chi connectivity index (χ0) is 45.3.